The summed E-state index contributed by atoms with van der Waals surface area (Å²) in [7, 11) is 0. The van der Waals surface area contributed by atoms with Crippen molar-refractivity contribution in [1.29, 1.82) is 5.26 Å². The van der Waals surface area contributed by atoms with Gasteiger partial charge in [-0.3, -0.25) is 14.4 Å². The molecule has 0 spiro atoms. The lowest BCUT2D eigenvalue weighted by molar-refractivity contribution is -0.140. The van der Waals surface area contributed by atoms with Crippen LogP contribution in [0.25, 0.3) is 0 Å². The van der Waals surface area contributed by atoms with Crippen LogP contribution in [0.15, 0.2) is 12.1 Å². The Bertz CT molecular complexity index is 1070. The van der Waals surface area contributed by atoms with Gasteiger partial charge in [0.05, 0.1) is 12.1 Å². The molecule has 0 saturated carbocycles. The van der Waals surface area contributed by atoms with Crippen molar-refractivity contribution in [2.75, 3.05) is 13.1 Å². The number of likely N-dealkylation sites (tertiary alicyclic amines) is 2. The van der Waals surface area contributed by atoms with Gasteiger partial charge in [-0.25, -0.2) is 13.2 Å². The van der Waals surface area contributed by atoms with Gasteiger partial charge in [0, 0.05) is 31.6 Å². The molecule has 3 N–H and O–H groups in total. The molecule has 0 bridgehead atoms. The zero-order chi connectivity index (χ0) is 27.3. The first kappa shape index (κ1) is 31.4. The summed E-state index contributed by atoms with van der Waals surface area (Å²) in [5.74, 6) is -4.66. The molecule has 38 heavy (non-hydrogen) atoms. The Labute approximate surface area is 227 Å². The van der Waals surface area contributed by atoms with E-state index >= 15 is 0 Å². The fourth-order valence-electron chi connectivity index (χ4n) is 5.11. The van der Waals surface area contributed by atoms with Crippen molar-refractivity contribution in [3.05, 3.63) is 35.1 Å². The lowest BCUT2D eigenvalue weighted by atomic mass is 10.0. The lowest BCUT2D eigenvalue weighted by Gasteiger charge is -2.29. The molecule has 12 heteroatoms. The predicted molar refractivity (Wildman–Crippen MR) is 136 cm³/mol. The van der Waals surface area contributed by atoms with E-state index in [0.29, 0.717) is 57.3 Å². The fourth-order valence-corrected chi connectivity index (χ4v) is 5.11. The van der Waals surface area contributed by atoms with E-state index in [2.05, 4.69) is 11.4 Å². The van der Waals surface area contributed by atoms with Crippen LogP contribution >= 0.6 is 12.4 Å². The molecule has 3 rings (SSSR count). The number of hydrogen-bond acceptors (Lipinski definition) is 5. The quantitative estimate of drug-likeness (QED) is 0.453. The third-order valence-electron chi connectivity index (χ3n) is 6.93. The summed E-state index contributed by atoms with van der Waals surface area (Å²) in [6.45, 7) is 4.63. The van der Waals surface area contributed by atoms with Crippen LogP contribution in [0.3, 0.4) is 0 Å². The Morgan fingerprint density at radius 3 is 2.37 bits per heavy atom. The normalized spacial score (nSPS) is 20.6. The molecule has 2 saturated heterocycles. The molecule has 3 amide bonds. The van der Waals surface area contributed by atoms with E-state index in [9.17, 15) is 32.8 Å². The maximum atomic E-state index is 14.4. The van der Waals surface area contributed by atoms with Crippen molar-refractivity contribution in [2.24, 2.45) is 11.7 Å². The van der Waals surface area contributed by atoms with Crippen molar-refractivity contribution >= 4 is 30.1 Å². The molecule has 1 aromatic carbocycles. The van der Waals surface area contributed by atoms with Gasteiger partial charge in [0.25, 0.3) is 0 Å². The van der Waals surface area contributed by atoms with Crippen LogP contribution < -0.4 is 11.1 Å². The van der Waals surface area contributed by atoms with E-state index in [-0.39, 0.29) is 42.6 Å². The second-order valence-corrected chi connectivity index (χ2v) is 10.3. The first-order valence-corrected chi connectivity index (χ1v) is 12.7. The highest BCUT2D eigenvalue weighted by atomic mass is 35.5. The van der Waals surface area contributed by atoms with Crippen molar-refractivity contribution < 1.29 is 27.6 Å². The Balaban J connectivity index is 0.00000507. The highest BCUT2D eigenvalue weighted by Gasteiger charge is 2.38. The first-order valence-electron chi connectivity index (χ1n) is 12.7. The van der Waals surface area contributed by atoms with E-state index < -0.39 is 53.4 Å². The maximum Gasteiger partial charge on any atom is 0.243 e. The highest BCUT2D eigenvalue weighted by Crippen LogP contribution is 2.23. The highest BCUT2D eigenvalue weighted by molar-refractivity contribution is 5.90. The van der Waals surface area contributed by atoms with Gasteiger partial charge in [-0.05, 0) is 56.1 Å². The van der Waals surface area contributed by atoms with E-state index in [1.165, 1.54) is 9.80 Å². The van der Waals surface area contributed by atoms with E-state index in [1.807, 2.05) is 13.8 Å². The topological polar surface area (TPSA) is 120 Å². The van der Waals surface area contributed by atoms with E-state index in [4.69, 9.17) is 5.73 Å². The number of benzene rings is 1. The molecule has 0 aliphatic carbocycles. The molecular formula is C26H35ClF3N5O3. The molecule has 4 atom stereocenters. The summed E-state index contributed by atoms with van der Waals surface area (Å²) in [6.07, 6.45) is 2.11. The number of amides is 3. The maximum absolute atomic E-state index is 14.4. The van der Waals surface area contributed by atoms with Gasteiger partial charge in [-0.15, -0.1) is 12.4 Å². The van der Waals surface area contributed by atoms with Crippen LogP contribution in [0, 0.1) is 34.7 Å². The summed E-state index contributed by atoms with van der Waals surface area (Å²) < 4.78 is 41.7. The van der Waals surface area contributed by atoms with Crippen molar-refractivity contribution in [3.63, 3.8) is 0 Å². The number of halogens is 4. The van der Waals surface area contributed by atoms with Gasteiger partial charge < -0.3 is 20.9 Å². The Hall–Kier alpha value is -2.84. The SMILES string of the molecule is CC(C)CC(N)C(=O)N1CCCC1C(=O)N[C@@H](CC(=O)N1CCCC1C#N)Cc1cc(F)c(F)cc1F.Cl. The Kier molecular flexibility index (Phi) is 11.4. The van der Waals surface area contributed by atoms with Crippen LogP contribution in [-0.4, -0.2) is 64.8 Å². The van der Waals surface area contributed by atoms with Crippen LogP contribution in [0.2, 0.25) is 0 Å². The predicted octanol–water partition coefficient (Wildman–Crippen LogP) is 2.82. The van der Waals surface area contributed by atoms with Gasteiger partial charge >= 0.3 is 0 Å². The number of rotatable bonds is 9. The van der Waals surface area contributed by atoms with Crippen LogP contribution in [0.5, 0.6) is 0 Å². The van der Waals surface area contributed by atoms with Crippen LogP contribution in [0.1, 0.15) is 57.9 Å². The molecule has 2 heterocycles. The second kappa shape index (κ2) is 13.8. The fraction of sp³-hybridized carbons (Fsp3) is 0.615. The molecular weight excluding hydrogens is 523 g/mol. The first-order chi connectivity index (χ1) is 17.5. The summed E-state index contributed by atoms with van der Waals surface area (Å²) in [5, 5.41) is 12.1. The minimum Gasteiger partial charge on any atom is -0.351 e. The zero-order valence-electron chi connectivity index (χ0n) is 21.6. The number of nitrogens with zero attached hydrogens (tertiary/aromatic N) is 3. The smallest absolute Gasteiger partial charge is 0.243 e. The average molecular weight is 558 g/mol. The minimum absolute atomic E-state index is 0. The van der Waals surface area contributed by atoms with Crippen molar-refractivity contribution in [2.45, 2.75) is 83.0 Å². The van der Waals surface area contributed by atoms with Crippen LogP contribution in [-0.2, 0) is 20.8 Å². The third kappa shape index (κ3) is 7.60. The number of nitrogens with two attached hydrogens (primary N) is 1. The number of nitrogens with one attached hydrogen (secondary N) is 1. The second-order valence-electron chi connectivity index (χ2n) is 10.3. The molecule has 1 aromatic rings. The molecule has 2 fully saturated rings. The molecule has 3 unspecified atom stereocenters. The van der Waals surface area contributed by atoms with Gasteiger partial charge in [0.2, 0.25) is 17.7 Å². The largest absolute Gasteiger partial charge is 0.351 e. The molecule has 0 aromatic heterocycles. The van der Waals surface area contributed by atoms with Gasteiger partial charge in [0.15, 0.2) is 11.6 Å². The molecule has 2 aliphatic rings. The number of carbonyl (C=O) groups is 3. The summed E-state index contributed by atoms with van der Waals surface area (Å²) in [4.78, 5) is 42.0. The minimum atomic E-state index is -1.34. The molecule has 2 aliphatic heterocycles. The number of hydrogen-bond donors (Lipinski definition) is 2. The number of carbonyl (C=O) groups excluding carboxylic acids is 3. The third-order valence-corrected chi connectivity index (χ3v) is 6.93. The van der Waals surface area contributed by atoms with Crippen molar-refractivity contribution in [3.8, 4) is 6.07 Å². The van der Waals surface area contributed by atoms with E-state index in [0.717, 1.165) is 0 Å². The lowest BCUT2D eigenvalue weighted by Crippen LogP contribution is -2.53. The molecule has 0 radical (unpaired) electrons. The summed E-state index contributed by atoms with van der Waals surface area (Å²) >= 11 is 0. The summed E-state index contributed by atoms with van der Waals surface area (Å²) in [5.41, 5.74) is 5.86. The standard InChI is InChI=1S/C26H34F3N5O3.ClH/c1-15(2)9-22(31)26(37)34-8-4-6-23(34)25(36)32-17(10-16-11-20(28)21(29)13-19(16)27)12-24(35)33-7-3-5-18(33)14-30;/h11,13,15,17-18,22-23H,3-10,12,31H2,1-2H3,(H,32,36);1H/t17-,18?,22?,23?;/m1./s1. The van der Waals surface area contributed by atoms with Crippen molar-refractivity contribution in [1.82, 2.24) is 15.1 Å². The van der Waals surface area contributed by atoms with Gasteiger partial charge in [-0.2, -0.15) is 5.26 Å². The zero-order valence-corrected chi connectivity index (χ0v) is 22.4. The molecule has 8 nitrogen and oxygen atoms in total. The van der Waals surface area contributed by atoms with Crippen LogP contribution in [0.4, 0.5) is 13.2 Å². The Morgan fingerprint density at radius 2 is 1.71 bits per heavy atom. The number of nitriles is 1. The van der Waals surface area contributed by atoms with Gasteiger partial charge in [-0.1, -0.05) is 13.8 Å². The van der Waals surface area contributed by atoms with Gasteiger partial charge in [0.1, 0.15) is 17.9 Å². The molecule has 210 valence electrons. The summed E-state index contributed by atoms with van der Waals surface area (Å²) in [6, 6.07) is 0.0892. The van der Waals surface area contributed by atoms with E-state index in [1.54, 1.807) is 0 Å². The Morgan fingerprint density at radius 1 is 1.08 bits per heavy atom. The average Bonchev–Trinajstić information content (AvgIpc) is 3.51. The monoisotopic (exact) mass is 557 g/mol.